The van der Waals surface area contributed by atoms with Crippen LogP contribution in [0.2, 0.25) is 0 Å². The van der Waals surface area contributed by atoms with Crippen molar-refractivity contribution >= 4 is 17.6 Å². The number of aliphatic carboxylic acids is 1. The second kappa shape index (κ2) is 6.92. The van der Waals surface area contributed by atoms with E-state index in [0.29, 0.717) is 0 Å². The second-order valence-electron chi connectivity index (χ2n) is 4.65. The molecule has 0 aliphatic rings. The van der Waals surface area contributed by atoms with Gasteiger partial charge in [-0.25, -0.2) is 0 Å². The van der Waals surface area contributed by atoms with Crippen molar-refractivity contribution in [1.82, 2.24) is 0 Å². The zero-order chi connectivity index (χ0) is 14.4. The molecule has 0 saturated heterocycles. The van der Waals surface area contributed by atoms with E-state index in [2.05, 4.69) is 0 Å². The van der Waals surface area contributed by atoms with Crippen molar-refractivity contribution in [2.24, 2.45) is 5.92 Å². The number of carbonyl (C=O) groups excluding carboxylic acids is 1. The van der Waals surface area contributed by atoms with E-state index in [1.807, 2.05) is 13.8 Å². The molecule has 4 heteroatoms. The largest absolute Gasteiger partial charge is 0.481 e. The molecule has 0 aromatic heterocycles. The molecule has 4 nitrogen and oxygen atoms in total. The zero-order valence-corrected chi connectivity index (χ0v) is 11.7. The minimum Gasteiger partial charge on any atom is -0.481 e. The van der Waals surface area contributed by atoms with Gasteiger partial charge in [-0.15, -0.1) is 0 Å². The maximum atomic E-state index is 12.2. The highest BCUT2D eigenvalue weighted by atomic mass is 16.4. The number of carboxylic acid groups (broad SMARTS) is 1. The molecule has 0 saturated carbocycles. The summed E-state index contributed by atoms with van der Waals surface area (Å²) in [5.41, 5.74) is 1.53. The second-order valence-corrected chi connectivity index (χ2v) is 4.65. The fraction of sp³-hybridized carbons (Fsp3) is 0.467. The smallest absolute Gasteiger partial charge is 0.307 e. The van der Waals surface area contributed by atoms with Gasteiger partial charge in [0.2, 0.25) is 5.91 Å². The van der Waals surface area contributed by atoms with Gasteiger partial charge in [0.05, 0.1) is 6.42 Å². The summed E-state index contributed by atoms with van der Waals surface area (Å²) in [6.07, 6.45) is 1.66. The van der Waals surface area contributed by atoms with E-state index in [0.717, 1.165) is 24.1 Å². The summed E-state index contributed by atoms with van der Waals surface area (Å²) in [4.78, 5) is 24.4. The summed E-state index contributed by atoms with van der Waals surface area (Å²) in [5.74, 6) is -0.700. The van der Waals surface area contributed by atoms with Crippen LogP contribution in [0.1, 0.15) is 32.3 Å². The highest BCUT2D eigenvalue weighted by Crippen LogP contribution is 2.19. The molecule has 1 amide bonds. The minimum atomic E-state index is -0.853. The van der Waals surface area contributed by atoms with Crippen molar-refractivity contribution in [3.63, 3.8) is 0 Å². The van der Waals surface area contributed by atoms with Crippen molar-refractivity contribution in [1.29, 1.82) is 0 Å². The number of hydrogen-bond acceptors (Lipinski definition) is 2. The first-order chi connectivity index (χ1) is 8.99. The number of anilines is 1. The van der Waals surface area contributed by atoms with E-state index < -0.39 is 5.97 Å². The Morgan fingerprint density at radius 2 is 1.68 bits per heavy atom. The highest BCUT2D eigenvalue weighted by molar-refractivity contribution is 5.94. The highest BCUT2D eigenvalue weighted by Gasteiger charge is 2.19. The van der Waals surface area contributed by atoms with Crippen LogP contribution in [0.5, 0.6) is 0 Å². The molecule has 1 rings (SSSR count). The number of nitrogens with zero attached hydrogens (tertiary/aromatic N) is 1. The summed E-state index contributed by atoms with van der Waals surface area (Å²) >= 11 is 0. The van der Waals surface area contributed by atoms with Gasteiger partial charge in [-0.3, -0.25) is 9.59 Å². The van der Waals surface area contributed by atoms with Gasteiger partial charge in [0, 0.05) is 18.7 Å². The van der Waals surface area contributed by atoms with E-state index in [1.165, 1.54) is 0 Å². The molecule has 1 N–H and O–H groups in total. The Morgan fingerprint density at radius 3 is 2.11 bits per heavy atom. The van der Waals surface area contributed by atoms with Gasteiger partial charge in [-0.2, -0.15) is 0 Å². The maximum Gasteiger partial charge on any atom is 0.307 e. The number of rotatable bonds is 6. The third-order valence-corrected chi connectivity index (χ3v) is 3.34. The van der Waals surface area contributed by atoms with E-state index >= 15 is 0 Å². The fourth-order valence-corrected chi connectivity index (χ4v) is 2.05. The molecule has 0 heterocycles. The van der Waals surface area contributed by atoms with Crippen molar-refractivity contribution in [3.05, 3.63) is 29.8 Å². The van der Waals surface area contributed by atoms with Gasteiger partial charge in [-0.1, -0.05) is 26.0 Å². The first kappa shape index (κ1) is 15.2. The first-order valence-corrected chi connectivity index (χ1v) is 6.57. The Hall–Kier alpha value is -1.84. The van der Waals surface area contributed by atoms with Gasteiger partial charge in [0.1, 0.15) is 0 Å². The summed E-state index contributed by atoms with van der Waals surface area (Å²) in [5, 5.41) is 8.71. The first-order valence-electron chi connectivity index (χ1n) is 6.57. The summed E-state index contributed by atoms with van der Waals surface area (Å²) in [7, 11) is 1.76. The topological polar surface area (TPSA) is 57.6 Å². The number of hydrogen-bond donors (Lipinski definition) is 1. The van der Waals surface area contributed by atoms with Gasteiger partial charge in [0.25, 0.3) is 0 Å². The monoisotopic (exact) mass is 263 g/mol. The number of benzene rings is 1. The van der Waals surface area contributed by atoms with Crippen LogP contribution in [0.25, 0.3) is 0 Å². The van der Waals surface area contributed by atoms with Gasteiger partial charge < -0.3 is 10.0 Å². The van der Waals surface area contributed by atoms with Crippen molar-refractivity contribution in [3.8, 4) is 0 Å². The molecular formula is C15H21NO3. The Bertz CT molecular complexity index is 435. The van der Waals surface area contributed by atoms with Crippen LogP contribution in [0.4, 0.5) is 5.69 Å². The Kier molecular flexibility index (Phi) is 5.55. The van der Waals surface area contributed by atoms with Crippen LogP contribution < -0.4 is 4.90 Å². The summed E-state index contributed by atoms with van der Waals surface area (Å²) < 4.78 is 0. The molecule has 0 unspecified atom stereocenters. The Labute approximate surface area is 114 Å². The van der Waals surface area contributed by atoms with Crippen LogP contribution in [-0.4, -0.2) is 24.0 Å². The zero-order valence-electron chi connectivity index (χ0n) is 11.7. The molecule has 0 atom stereocenters. The maximum absolute atomic E-state index is 12.2. The quantitative estimate of drug-likeness (QED) is 0.858. The molecule has 1 aromatic rings. The van der Waals surface area contributed by atoms with Crippen LogP contribution in [0.3, 0.4) is 0 Å². The molecular weight excluding hydrogens is 242 g/mol. The lowest BCUT2D eigenvalue weighted by atomic mass is 10.0. The lowest BCUT2D eigenvalue weighted by Gasteiger charge is -2.22. The van der Waals surface area contributed by atoms with Crippen molar-refractivity contribution in [2.75, 3.05) is 11.9 Å². The van der Waals surface area contributed by atoms with E-state index in [1.54, 1.807) is 36.2 Å². The van der Waals surface area contributed by atoms with Gasteiger partial charge >= 0.3 is 5.97 Å². The predicted molar refractivity (Wildman–Crippen MR) is 75.3 cm³/mol. The molecule has 0 aliphatic heterocycles. The third-order valence-electron chi connectivity index (χ3n) is 3.34. The van der Waals surface area contributed by atoms with Crippen LogP contribution >= 0.6 is 0 Å². The average Bonchev–Trinajstić information content (AvgIpc) is 2.39. The lowest BCUT2D eigenvalue weighted by Crippen LogP contribution is -2.32. The van der Waals surface area contributed by atoms with Crippen molar-refractivity contribution in [2.45, 2.75) is 33.1 Å². The van der Waals surface area contributed by atoms with Crippen LogP contribution in [0, 0.1) is 5.92 Å². The van der Waals surface area contributed by atoms with E-state index in [4.69, 9.17) is 5.11 Å². The molecule has 0 fully saturated rings. The third kappa shape index (κ3) is 4.09. The standard InChI is InChI=1S/C15H21NO3/c1-4-12(5-2)15(19)16(3)13-8-6-11(7-9-13)10-14(17)18/h6-9,12H,4-5,10H2,1-3H3,(H,17,18). The predicted octanol–water partition coefficient (Wildman–Crippen LogP) is 2.71. The molecule has 0 bridgehead atoms. The van der Waals surface area contributed by atoms with Gasteiger partial charge in [-0.05, 0) is 30.5 Å². The minimum absolute atomic E-state index is 0.00445. The number of amides is 1. The normalized spacial score (nSPS) is 10.5. The Morgan fingerprint density at radius 1 is 1.16 bits per heavy atom. The number of carboxylic acids is 1. The van der Waals surface area contributed by atoms with Crippen LogP contribution in [-0.2, 0) is 16.0 Å². The summed E-state index contributed by atoms with van der Waals surface area (Å²) in [6.45, 7) is 4.02. The molecule has 104 valence electrons. The molecule has 0 aliphatic carbocycles. The lowest BCUT2D eigenvalue weighted by molar-refractivity contribution is -0.136. The molecule has 19 heavy (non-hydrogen) atoms. The van der Waals surface area contributed by atoms with E-state index in [9.17, 15) is 9.59 Å². The van der Waals surface area contributed by atoms with Crippen molar-refractivity contribution < 1.29 is 14.7 Å². The van der Waals surface area contributed by atoms with E-state index in [-0.39, 0.29) is 18.2 Å². The fourth-order valence-electron chi connectivity index (χ4n) is 2.05. The SMILES string of the molecule is CCC(CC)C(=O)N(C)c1ccc(CC(=O)O)cc1. The van der Waals surface area contributed by atoms with Gasteiger partial charge in [0.15, 0.2) is 0 Å². The summed E-state index contributed by atoms with van der Waals surface area (Å²) in [6, 6.07) is 7.08. The molecule has 0 radical (unpaired) electrons. The van der Waals surface area contributed by atoms with Crippen LogP contribution in [0.15, 0.2) is 24.3 Å². The number of carbonyl (C=O) groups is 2. The Balaban J connectivity index is 2.80. The average molecular weight is 263 g/mol. The molecule has 0 spiro atoms. The molecule has 1 aromatic carbocycles.